The summed E-state index contributed by atoms with van der Waals surface area (Å²) in [5.41, 5.74) is 0. The van der Waals surface area contributed by atoms with Gasteiger partial charge in [-0.25, -0.2) is 4.68 Å². The zero-order valence-electron chi connectivity index (χ0n) is 8.07. The van der Waals surface area contributed by atoms with Crippen LogP contribution in [0.2, 0.25) is 5.15 Å². The number of halogens is 1. The van der Waals surface area contributed by atoms with E-state index in [1.165, 1.54) is 0 Å². The van der Waals surface area contributed by atoms with Gasteiger partial charge < -0.3 is 9.47 Å². The molecular weight excluding hydrogens is 204 g/mol. The van der Waals surface area contributed by atoms with Crippen molar-refractivity contribution in [2.24, 2.45) is 0 Å². The molecule has 4 nitrogen and oxygen atoms in total. The van der Waals surface area contributed by atoms with Crippen molar-refractivity contribution in [3.63, 3.8) is 0 Å². The average Bonchev–Trinajstić information content (AvgIpc) is 2.79. The Labute approximate surface area is 87.8 Å². The highest BCUT2D eigenvalue weighted by atomic mass is 35.5. The largest absolute Gasteiger partial charge is 0.492 e. The number of ether oxygens (including phenoxy) is 2. The summed E-state index contributed by atoms with van der Waals surface area (Å²) in [6.45, 7) is 1.56. The quantitative estimate of drug-likeness (QED) is 0.772. The van der Waals surface area contributed by atoms with Crippen LogP contribution >= 0.6 is 11.6 Å². The van der Waals surface area contributed by atoms with Crippen molar-refractivity contribution in [1.29, 1.82) is 0 Å². The molecule has 1 saturated heterocycles. The highest BCUT2D eigenvalue weighted by Gasteiger charge is 2.18. The van der Waals surface area contributed by atoms with Gasteiger partial charge in [0.25, 0.3) is 0 Å². The van der Waals surface area contributed by atoms with Crippen LogP contribution in [-0.4, -0.2) is 29.6 Å². The second-order valence-electron chi connectivity index (χ2n) is 3.32. The first kappa shape index (κ1) is 9.80. The summed E-state index contributed by atoms with van der Waals surface area (Å²) in [4.78, 5) is 0. The van der Waals surface area contributed by atoms with E-state index in [0.29, 0.717) is 17.4 Å². The molecule has 1 aliphatic rings. The molecule has 1 fully saturated rings. The Morgan fingerprint density at radius 3 is 3.21 bits per heavy atom. The molecule has 0 N–H and O–H groups in total. The maximum atomic E-state index is 6.02. The van der Waals surface area contributed by atoms with Gasteiger partial charge >= 0.3 is 0 Å². The summed E-state index contributed by atoms with van der Waals surface area (Å²) < 4.78 is 12.2. The van der Waals surface area contributed by atoms with E-state index in [1.54, 1.807) is 18.0 Å². The van der Waals surface area contributed by atoms with Gasteiger partial charge in [-0.1, -0.05) is 11.6 Å². The standard InChI is InChI=1S/C9H13ClN2O2/c1-13-8-5-11-12(9(8)10)6-7-3-2-4-14-7/h5,7H,2-4,6H2,1H3. The van der Waals surface area contributed by atoms with E-state index in [-0.39, 0.29) is 6.10 Å². The Morgan fingerprint density at radius 2 is 2.64 bits per heavy atom. The molecule has 0 spiro atoms. The molecule has 1 unspecified atom stereocenters. The predicted molar refractivity (Wildman–Crippen MR) is 52.8 cm³/mol. The van der Waals surface area contributed by atoms with Crippen LogP contribution in [-0.2, 0) is 11.3 Å². The fourth-order valence-electron chi connectivity index (χ4n) is 1.60. The van der Waals surface area contributed by atoms with E-state index in [0.717, 1.165) is 19.4 Å². The van der Waals surface area contributed by atoms with E-state index in [9.17, 15) is 0 Å². The Hall–Kier alpha value is -0.740. The topological polar surface area (TPSA) is 36.3 Å². The Kier molecular flexibility index (Phi) is 2.93. The van der Waals surface area contributed by atoms with Crippen LogP contribution in [0.15, 0.2) is 6.20 Å². The zero-order valence-corrected chi connectivity index (χ0v) is 8.83. The first-order chi connectivity index (χ1) is 6.81. The van der Waals surface area contributed by atoms with Crippen LogP contribution in [0.25, 0.3) is 0 Å². The second-order valence-corrected chi connectivity index (χ2v) is 3.68. The average molecular weight is 217 g/mol. The van der Waals surface area contributed by atoms with Gasteiger partial charge in [0.2, 0.25) is 0 Å². The number of methoxy groups -OCH3 is 1. The number of rotatable bonds is 3. The van der Waals surface area contributed by atoms with Crippen LogP contribution in [0.5, 0.6) is 5.75 Å². The first-order valence-electron chi connectivity index (χ1n) is 4.68. The summed E-state index contributed by atoms with van der Waals surface area (Å²) >= 11 is 6.02. The van der Waals surface area contributed by atoms with Gasteiger partial charge in [-0.15, -0.1) is 0 Å². The lowest BCUT2D eigenvalue weighted by molar-refractivity contribution is 0.0940. The minimum absolute atomic E-state index is 0.247. The minimum Gasteiger partial charge on any atom is -0.492 e. The van der Waals surface area contributed by atoms with E-state index in [4.69, 9.17) is 21.1 Å². The Balaban J connectivity index is 2.04. The molecule has 1 aromatic rings. The molecule has 1 aromatic heterocycles. The molecule has 0 aliphatic carbocycles. The van der Waals surface area contributed by atoms with E-state index >= 15 is 0 Å². The van der Waals surface area contributed by atoms with Crippen LogP contribution in [0, 0.1) is 0 Å². The molecule has 0 saturated carbocycles. The summed E-state index contributed by atoms with van der Waals surface area (Å²) in [5.74, 6) is 0.615. The molecule has 2 heterocycles. The number of hydrogen-bond acceptors (Lipinski definition) is 3. The molecule has 1 aliphatic heterocycles. The third kappa shape index (κ3) is 1.86. The molecule has 1 atom stereocenters. The number of hydrogen-bond donors (Lipinski definition) is 0. The van der Waals surface area contributed by atoms with Gasteiger partial charge in [-0.3, -0.25) is 0 Å². The zero-order chi connectivity index (χ0) is 9.97. The fraction of sp³-hybridized carbons (Fsp3) is 0.667. The van der Waals surface area contributed by atoms with E-state index < -0.39 is 0 Å². The van der Waals surface area contributed by atoms with Crippen molar-refractivity contribution in [2.75, 3.05) is 13.7 Å². The normalized spacial score (nSPS) is 21.4. The first-order valence-corrected chi connectivity index (χ1v) is 5.06. The fourth-order valence-corrected chi connectivity index (χ4v) is 1.84. The molecule has 2 rings (SSSR count). The number of aromatic nitrogens is 2. The van der Waals surface area contributed by atoms with Crippen molar-refractivity contribution in [2.45, 2.75) is 25.5 Å². The van der Waals surface area contributed by atoms with Crippen molar-refractivity contribution >= 4 is 11.6 Å². The highest BCUT2D eigenvalue weighted by Crippen LogP contribution is 2.24. The lowest BCUT2D eigenvalue weighted by Gasteiger charge is -2.09. The van der Waals surface area contributed by atoms with Gasteiger partial charge in [-0.2, -0.15) is 5.10 Å². The predicted octanol–water partition coefficient (Wildman–Crippen LogP) is 1.72. The lowest BCUT2D eigenvalue weighted by Crippen LogP contribution is -2.15. The molecule has 5 heteroatoms. The molecular formula is C9H13ClN2O2. The van der Waals surface area contributed by atoms with E-state index in [1.807, 2.05) is 0 Å². The monoisotopic (exact) mass is 216 g/mol. The summed E-state index contributed by atoms with van der Waals surface area (Å²) in [5, 5.41) is 4.67. The molecule has 0 amide bonds. The molecule has 14 heavy (non-hydrogen) atoms. The summed E-state index contributed by atoms with van der Waals surface area (Å²) in [6.07, 6.45) is 4.08. The molecule has 0 bridgehead atoms. The van der Waals surface area contributed by atoms with Gasteiger partial charge in [0.1, 0.15) is 0 Å². The second kappa shape index (κ2) is 4.19. The van der Waals surface area contributed by atoms with Crippen LogP contribution < -0.4 is 4.74 Å². The van der Waals surface area contributed by atoms with Crippen molar-refractivity contribution in [3.05, 3.63) is 11.3 Å². The van der Waals surface area contributed by atoms with Crippen molar-refractivity contribution in [3.8, 4) is 5.75 Å². The third-order valence-corrected chi connectivity index (χ3v) is 2.75. The van der Waals surface area contributed by atoms with Gasteiger partial charge in [0.05, 0.1) is 26.0 Å². The molecule has 0 aromatic carbocycles. The van der Waals surface area contributed by atoms with Gasteiger partial charge in [0, 0.05) is 6.61 Å². The van der Waals surface area contributed by atoms with E-state index in [2.05, 4.69) is 5.10 Å². The molecule has 0 radical (unpaired) electrons. The lowest BCUT2D eigenvalue weighted by atomic mass is 10.2. The Bertz CT molecular complexity index is 308. The SMILES string of the molecule is COc1cnn(CC2CCCO2)c1Cl. The Morgan fingerprint density at radius 1 is 1.79 bits per heavy atom. The highest BCUT2D eigenvalue weighted by molar-refractivity contribution is 6.31. The van der Waals surface area contributed by atoms with Crippen LogP contribution in [0.1, 0.15) is 12.8 Å². The maximum absolute atomic E-state index is 6.02. The smallest absolute Gasteiger partial charge is 0.175 e. The van der Waals surface area contributed by atoms with Gasteiger partial charge in [0.15, 0.2) is 10.9 Å². The van der Waals surface area contributed by atoms with Crippen LogP contribution in [0.4, 0.5) is 0 Å². The maximum Gasteiger partial charge on any atom is 0.175 e. The van der Waals surface area contributed by atoms with Crippen molar-refractivity contribution in [1.82, 2.24) is 9.78 Å². The van der Waals surface area contributed by atoms with Gasteiger partial charge in [-0.05, 0) is 12.8 Å². The number of nitrogens with zero attached hydrogens (tertiary/aromatic N) is 2. The van der Waals surface area contributed by atoms with Crippen molar-refractivity contribution < 1.29 is 9.47 Å². The minimum atomic E-state index is 0.247. The van der Waals surface area contributed by atoms with Crippen LogP contribution in [0.3, 0.4) is 0 Å². The molecule has 78 valence electrons. The summed E-state index contributed by atoms with van der Waals surface area (Å²) in [7, 11) is 1.58. The summed E-state index contributed by atoms with van der Waals surface area (Å²) in [6, 6.07) is 0. The third-order valence-electron chi connectivity index (χ3n) is 2.36.